The SMILES string of the molecule is COc1ccc2c(c1)C(=O)N(C[C@@]1(C#Cc3ccc(/C(=N\O)N4[C@H](C)CCC[C@@H]4C)cc3)NC(=O)NC1=O)C2. The number of fused-ring (bicyclic) bond motifs is 1. The number of carbonyl (C=O) groups excluding carboxylic acids is 3. The maximum Gasteiger partial charge on any atom is 0.323 e. The lowest BCUT2D eigenvalue weighted by molar-refractivity contribution is -0.122. The van der Waals surface area contributed by atoms with Gasteiger partial charge in [-0.15, -0.1) is 0 Å². The molecule has 2 saturated heterocycles. The van der Waals surface area contributed by atoms with Gasteiger partial charge in [-0.05, 0) is 75.1 Å². The van der Waals surface area contributed by atoms with E-state index >= 15 is 0 Å². The molecule has 10 heteroatoms. The molecule has 0 aromatic heterocycles. The smallest absolute Gasteiger partial charge is 0.323 e. The summed E-state index contributed by atoms with van der Waals surface area (Å²) in [5.41, 5.74) is 1.05. The van der Waals surface area contributed by atoms with Gasteiger partial charge in [0.2, 0.25) is 5.54 Å². The van der Waals surface area contributed by atoms with Crippen molar-refractivity contribution in [2.75, 3.05) is 13.7 Å². The van der Waals surface area contributed by atoms with Gasteiger partial charge in [0.1, 0.15) is 5.75 Å². The number of nitrogens with one attached hydrogen (secondary N) is 2. The third kappa shape index (κ3) is 4.88. The number of hydrogen-bond acceptors (Lipinski definition) is 6. The summed E-state index contributed by atoms with van der Waals surface area (Å²) in [6, 6.07) is 12.3. The van der Waals surface area contributed by atoms with Crippen LogP contribution in [-0.4, -0.2) is 70.0 Å². The van der Waals surface area contributed by atoms with Crippen molar-refractivity contribution in [1.82, 2.24) is 20.4 Å². The van der Waals surface area contributed by atoms with E-state index in [0.717, 1.165) is 30.4 Å². The molecular formula is C29H31N5O5. The molecule has 202 valence electrons. The van der Waals surface area contributed by atoms with Crippen molar-refractivity contribution in [3.05, 3.63) is 64.7 Å². The van der Waals surface area contributed by atoms with Crippen molar-refractivity contribution >= 4 is 23.7 Å². The summed E-state index contributed by atoms with van der Waals surface area (Å²) in [4.78, 5) is 41.8. The van der Waals surface area contributed by atoms with Crippen LogP contribution < -0.4 is 15.4 Å². The summed E-state index contributed by atoms with van der Waals surface area (Å²) in [7, 11) is 1.53. The highest BCUT2D eigenvalue weighted by Gasteiger charge is 2.48. The van der Waals surface area contributed by atoms with Gasteiger partial charge in [-0.1, -0.05) is 23.1 Å². The number of amidine groups is 1. The predicted molar refractivity (Wildman–Crippen MR) is 143 cm³/mol. The summed E-state index contributed by atoms with van der Waals surface area (Å²) >= 11 is 0. The molecule has 3 atom stereocenters. The Morgan fingerprint density at radius 3 is 2.46 bits per heavy atom. The third-order valence-electron chi connectivity index (χ3n) is 7.66. The van der Waals surface area contributed by atoms with E-state index in [1.165, 1.54) is 12.0 Å². The molecule has 3 N–H and O–H groups in total. The average Bonchev–Trinajstić information content (AvgIpc) is 3.39. The van der Waals surface area contributed by atoms with Gasteiger partial charge in [0.15, 0.2) is 5.84 Å². The normalized spacial score (nSPS) is 24.6. The number of urea groups is 1. The van der Waals surface area contributed by atoms with Crippen LogP contribution in [0.15, 0.2) is 47.6 Å². The van der Waals surface area contributed by atoms with Crippen molar-refractivity contribution in [1.29, 1.82) is 0 Å². The number of amides is 4. The van der Waals surface area contributed by atoms with E-state index in [1.807, 2.05) is 18.2 Å². The van der Waals surface area contributed by atoms with Crippen molar-refractivity contribution in [3.63, 3.8) is 0 Å². The van der Waals surface area contributed by atoms with E-state index in [1.54, 1.807) is 24.3 Å². The highest BCUT2D eigenvalue weighted by molar-refractivity contribution is 6.10. The number of rotatable bonds is 4. The average molecular weight is 530 g/mol. The molecule has 4 amide bonds. The van der Waals surface area contributed by atoms with Crippen LogP contribution in [0.5, 0.6) is 5.75 Å². The standard InChI is InChI=1S/C29H31N5O5/c1-18-5-4-6-19(2)34(18)25(32-38)21-9-7-20(8-10-21)13-14-29(27(36)30-28(37)31-29)17-33-16-22-11-12-23(39-3)15-24(22)26(33)35/h7-12,15,18-19,38H,4-6,16-17H2,1-3H3,(H2,30,31,36,37)/b32-25+/t18-,19+,29-/m1/s1. The fourth-order valence-corrected chi connectivity index (χ4v) is 5.59. The number of ether oxygens (including phenoxy) is 1. The number of benzene rings is 2. The van der Waals surface area contributed by atoms with Gasteiger partial charge >= 0.3 is 6.03 Å². The minimum Gasteiger partial charge on any atom is -0.497 e. The van der Waals surface area contributed by atoms with Crippen molar-refractivity contribution in [2.24, 2.45) is 5.16 Å². The number of carbonyl (C=O) groups is 3. The lowest BCUT2D eigenvalue weighted by Gasteiger charge is -2.40. The minimum absolute atomic E-state index is 0.114. The van der Waals surface area contributed by atoms with Crippen LogP contribution in [0, 0.1) is 11.8 Å². The fourth-order valence-electron chi connectivity index (χ4n) is 5.59. The van der Waals surface area contributed by atoms with Gasteiger partial charge in [0.25, 0.3) is 11.8 Å². The Labute approximate surface area is 227 Å². The van der Waals surface area contributed by atoms with Gasteiger partial charge in [-0.2, -0.15) is 0 Å². The first-order valence-corrected chi connectivity index (χ1v) is 13.0. The Morgan fingerprint density at radius 1 is 1.13 bits per heavy atom. The highest BCUT2D eigenvalue weighted by atomic mass is 16.5. The lowest BCUT2D eigenvalue weighted by Crippen LogP contribution is -2.54. The first kappa shape index (κ1) is 26.1. The van der Waals surface area contributed by atoms with E-state index in [9.17, 15) is 19.6 Å². The first-order chi connectivity index (χ1) is 18.7. The zero-order chi connectivity index (χ0) is 27.7. The highest BCUT2D eigenvalue weighted by Crippen LogP contribution is 2.29. The first-order valence-electron chi connectivity index (χ1n) is 13.0. The molecule has 2 fully saturated rings. The topological polar surface area (TPSA) is 124 Å². The molecule has 39 heavy (non-hydrogen) atoms. The summed E-state index contributed by atoms with van der Waals surface area (Å²) in [6.45, 7) is 4.43. The number of methoxy groups -OCH3 is 1. The Hall–Kier alpha value is -4.52. The monoisotopic (exact) mass is 529 g/mol. The Bertz CT molecular complexity index is 1400. The molecule has 2 aromatic carbocycles. The van der Waals surface area contributed by atoms with Crippen LogP contribution in [-0.2, 0) is 11.3 Å². The molecule has 0 radical (unpaired) electrons. The van der Waals surface area contributed by atoms with Crippen LogP contribution in [0.2, 0.25) is 0 Å². The van der Waals surface area contributed by atoms with E-state index in [0.29, 0.717) is 22.7 Å². The third-order valence-corrected chi connectivity index (χ3v) is 7.66. The van der Waals surface area contributed by atoms with Crippen LogP contribution in [0.1, 0.15) is 60.2 Å². The maximum atomic E-state index is 13.1. The number of oxime groups is 1. The number of imide groups is 1. The molecule has 3 aliphatic rings. The van der Waals surface area contributed by atoms with Gasteiger partial charge in [-0.25, -0.2) is 4.79 Å². The molecule has 0 unspecified atom stereocenters. The number of nitrogens with zero attached hydrogens (tertiary/aromatic N) is 3. The number of hydrogen-bond donors (Lipinski definition) is 3. The lowest BCUT2D eigenvalue weighted by atomic mass is 9.96. The molecule has 5 rings (SSSR count). The maximum absolute atomic E-state index is 13.1. The van der Waals surface area contributed by atoms with Gasteiger partial charge in [0.05, 0.1) is 13.7 Å². The second kappa shape index (κ2) is 10.3. The van der Waals surface area contributed by atoms with Crippen LogP contribution in [0.25, 0.3) is 0 Å². The van der Waals surface area contributed by atoms with E-state index in [4.69, 9.17) is 4.74 Å². The summed E-state index contributed by atoms with van der Waals surface area (Å²) in [6.07, 6.45) is 3.20. The minimum atomic E-state index is -1.60. The largest absolute Gasteiger partial charge is 0.497 e. The molecule has 0 bridgehead atoms. The second-order valence-electron chi connectivity index (χ2n) is 10.3. The molecule has 0 spiro atoms. The molecule has 3 heterocycles. The quantitative estimate of drug-likeness (QED) is 0.140. The molecular weight excluding hydrogens is 498 g/mol. The molecule has 2 aromatic rings. The predicted octanol–water partition coefficient (Wildman–Crippen LogP) is 2.68. The Balaban J connectivity index is 1.38. The fraction of sp³-hybridized carbons (Fsp3) is 0.379. The zero-order valence-electron chi connectivity index (χ0n) is 22.2. The summed E-state index contributed by atoms with van der Waals surface area (Å²) in [5.74, 6) is 6.11. The Morgan fingerprint density at radius 2 is 1.85 bits per heavy atom. The van der Waals surface area contributed by atoms with Gasteiger partial charge < -0.3 is 25.1 Å². The van der Waals surface area contributed by atoms with Crippen molar-refractivity contribution in [3.8, 4) is 17.6 Å². The molecule has 3 aliphatic heterocycles. The van der Waals surface area contributed by atoms with Crippen molar-refractivity contribution in [2.45, 2.75) is 57.3 Å². The summed E-state index contributed by atoms with van der Waals surface area (Å²) < 4.78 is 5.23. The summed E-state index contributed by atoms with van der Waals surface area (Å²) in [5, 5.41) is 18.3. The van der Waals surface area contributed by atoms with Crippen molar-refractivity contribution < 1.29 is 24.3 Å². The molecule has 0 saturated carbocycles. The molecule has 10 nitrogen and oxygen atoms in total. The van der Waals surface area contributed by atoms with Gasteiger partial charge in [0, 0.05) is 35.3 Å². The zero-order valence-corrected chi connectivity index (χ0v) is 22.2. The van der Waals surface area contributed by atoms with E-state index < -0.39 is 17.5 Å². The second-order valence-corrected chi connectivity index (χ2v) is 10.3. The van der Waals surface area contributed by atoms with Crippen LogP contribution in [0.4, 0.5) is 4.79 Å². The van der Waals surface area contributed by atoms with Gasteiger partial charge in [-0.3, -0.25) is 14.9 Å². The van der Waals surface area contributed by atoms with Crippen LogP contribution >= 0.6 is 0 Å². The Kier molecular flexibility index (Phi) is 6.91. The van der Waals surface area contributed by atoms with E-state index in [2.05, 4.69) is 46.4 Å². The van der Waals surface area contributed by atoms with E-state index in [-0.39, 0.29) is 31.1 Å². The number of piperidine rings is 1. The molecule has 0 aliphatic carbocycles. The van der Waals surface area contributed by atoms with Crippen LogP contribution in [0.3, 0.4) is 0 Å². The number of likely N-dealkylation sites (tertiary alicyclic amines) is 1.